The summed E-state index contributed by atoms with van der Waals surface area (Å²) in [6.45, 7) is 1.69. The van der Waals surface area contributed by atoms with Crippen molar-refractivity contribution >= 4 is 43.9 Å². The first kappa shape index (κ1) is 20.3. The number of hydrogen-bond acceptors (Lipinski definition) is 5. The summed E-state index contributed by atoms with van der Waals surface area (Å²) in [6.07, 6.45) is 1.63. The number of hydrogen-bond donors (Lipinski definition) is 4. The molecule has 1 aliphatic heterocycles. The maximum atomic E-state index is 13.1. The Hall–Kier alpha value is -3.03. The maximum Gasteiger partial charge on any atom is 0.227 e. The van der Waals surface area contributed by atoms with Crippen LogP contribution in [0, 0.1) is 11.3 Å². The summed E-state index contributed by atoms with van der Waals surface area (Å²) in [5.41, 5.74) is 7.48. The van der Waals surface area contributed by atoms with Gasteiger partial charge in [0, 0.05) is 22.9 Å². The molecule has 1 fully saturated rings. The number of rotatable bonds is 4. The summed E-state index contributed by atoms with van der Waals surface area (Å²) < 4.78 is 13.1. The second-order valence-corrected chi connectivity index (χ2v) is 8.78. The van der Waals surface area contributed by atoms with Crippen LogP contribution in [0.3, 0.4) is 0 Å². The number of nitrogen functional groups attached to an aromatic ring is 1. The summed E-state index contributed by atoms with van der Waals surface area (Å²) >= 11 is 0. The van der Waals surface area contributed by atoms with Gasteiger partial charge in [-0.15, -0.1) is 0 Å². The number of carbonyl (C=O) groups excluding carboxylic acids is 1. The molecule has 4 rings (SSSR count). The Kier molecular flexibility index (Phi) is 5.92. The van der Waals surface area contributed by atoms with E-state index in [2.05, 4.69) is 10.6 Å². The molecule has 5 N–H and O–H groups in total. The molecule has 30 heavy (non-hydrogen) atoms. The van der Waals surface area contributed by atoms with Crippen LogP contribution in [0.1, 0.15) is 18.4 Å². The molecule has 0 radical (unpaired) electrons. The lowest BCUT2D eigenvalue weighted by Gasteiger charge is -2.22. The number of nitrogens with two attached hydrogens (primary N) is 1. The second kappa shape index (κ2) is 8.77. The van der Waals surface area contributed by atoms with Gasteiger partial charge in [0.05, 0.1) is 4.90 Å². The zero-order valence-corrected chi connectivity index (χ0v) is 17.3. The number of carbonyl (C=O) groups is 1. The number of nitrogens with one attached hydrogen (secondary N) is 3. The predicted molar refractivity (Wildman–Crippen MR) is 122 cm³/mol. The van der Waals surface area contributed by atoms with E-state index in [1.807, 2.05) is 36.4 Å². The minimum absolute atomic E-state index is 0.00989. The van der Waals surface area contributed by atoms with Crippen LogP contribution in [0.25, 0.3) is 10.8 Å². The van der Waals surface area contributed by atoms with Gasteiger partial charge < -0.3 is 16.4 Å². The minimum atomic E-state index is -1.68. The van der Waals surface area contributed by atoms with E-state index in [9.17, 15) is 9.00 Å². The monoisotopic (exact) mass is 420 g/mol. The highest BCUT2D eigenvalue weighted by Crippen LogP contribution is 2.26. The number of amides is 1. The molecule has 0 saturated carbocycles. The van der Waals surface area contributed by atoms with Gasteiger partial charge in [0.15, 0.2) is 0 Å². The van der Waals surface area contributed by atoms with Crippen molar-refractivity contribution < 1.29 is 9.00 Å². The first-order chi connectivity index (χ1) is 14.5. The van der Waals surface area contributed by atoms with E-state index in [4.69, 9.17) is 11.1 Å². The Bertz CT molecular complexity index is 1130. The van der Waals surface area contributed by atoms with Crippen molar-refractivity contribution in [3.8, 4) is 0 Å². The number of fused-ring (bicyclic) bond motifs is 1. The second-order valence-electron chi connectivity index (χ2n) is 7.39. The molecule has 1 amide bonds. The van der Waals surface area contributed by atoms with Crippen LogP contribution in [0.5, 0.6) is 0 Å². The normalized spacial score (nSPS) is 15.6. The Morgan fingerprint density at radius 3 is 2.57 bits per heavy atom. The van der Waals surface area contributed by atoms with Gasteiger partial charge in [0.2, 0.25) is 5.91 Å². The molecular weight excluding hydrogens is 396 g/mol. The minimum Gasteiger partial charge on any atom is -0.398 e. The third-order valence-electron chi connectivity index (χ3n) is 5.41. The average molecular weight is 421 g/mol. The Morgan fingerprint density at radius 1 is 1.07 bits per heavy atom. The summed E-state index contributed by atoms with van der Waals surface area (Å²) in [6, 6.07) is 18.2. The molecule has 7 heteroatoms. The number of piperidine rings is 1. The van der Waals surface area contributed by atoms with Gasteiger partial charge in [-0.3, -0.25) is 10.2 Å². The van der Waals surface area contributed by atoms with Gasteiger partial charge in [-0.05, 0) is 61.0 Å². The van der Waals surface area contributed by atoms with Crippen molar-refractivity contribution in [2.45, 2.75) is 17.7 Å². The highest BCUT2D eigenvalue weighted by atomic mass is 32.2. The van der Waals surface area contributed by atoms with Crippen molar-refractivity contribution in [2.24, 2.45) is 5.92 Å². The predicted octanol–water partition coefficient (Wildman–Crippen LogP) is 3.49. The molecular formula is C23H24N4O2S. The third kappa shape index (κ3) is 4.13. The fraction of sp³-hybridized carbons (Fsp3) is 0.217. The van der Waals surface area contributed by atoms with E-state index in [1.54, 1.807) is 24.3 Å². The molecule has 3 aromatic carbocycles. The molecule has 3 aromatic rings. The van der Waals surface area contributed by atoms with E-state index in [1.165, 1.54) is 0 Å². The number of benzene rings is 3. The quantitative estimate of drug-likeness (QED) is 0.294. The first-order valence-electron chi connectivity index (χ1n) is 9.94. The van der Waals surface area contributed by atoms with Gasteiger partial charge in [-0.2, -0.15) is 0 Å². The van der Waals surface area contributed by atoms with Crippen LogP contribution in [0.15, 0.2) is 65.6 Å². The Balaban J connectivity index is 1.54. The first-order valence-corrected chi connectivity index (χ1v) is 11.1. The van der Waals surface area contributed by atoms with E-state index in [0.717, 1.165) is 36.7 Å². The summed E-state index contributed by atoms with van der Waals surface area (Å²) in [4.78, 5) is 13.0. The molecule has 154 valence electrons. The maximum absolute atomic E-state index is 13.1. The molecule has 6 nitrogen and oxygen atoms in total. The van der Waals surface area contributed by atoms with E-state index in [-0.39, 0.29) is 16.9 Å². The van der Waals surface area contributed by atoms with E-state index < -0.39 is 10.8 Å². The third-order valence-corrected chi connectivity index (χ3v) is 6.75. The molecule has 1 atom stereocenters. The van der Waals surface area contributed by atoms with Crippen LogP contribution >= 0.6 is 0 Å². The van der Waals surface area contributed by atoms with Crippen LogP contribution in [-0.2, 0) is 15.6 Å². The smallest absolute Gasteiger partial charge is 0.227 e. The van der Waals surface area contributed by atoms with Crippen LogP contribution < -0.4 is 16.4 Å². The fourth-order valence-electron chi connectivity index (χ4n) is 3.74. The van der Waals surface area contributed by atoms with E-state index in [0.29, 0.717) is 21.8 Å². The lowest BCUT2D eigenvalue weighted by atomic mass is 9.97. The van der Waals surface area contributed by atoms with Crippen molar-refractivity contribution in [1.82, 2.24) is 5.32 Å². The summed E-state index contributed by atoms with van der Waals surface area (Å²) in [5.74, 6) is -0.0256. The van der Waals surface area contributed by atoms with Crippen molar-refractivity contribution in [1.29, 1.82) is 5.41 Å². The highest BCUT2D eigenvalue weighted by Gasteiger charge is 2.22. The zero-order valence-electron chi connectivity index (χ0n) is 16.5. The standard InChI is InChI=1S/C23H24N4O2S/c24-20-14-17(27-23(28)16-10-12-26-13-11-16)8-9-19(20)22(25)30(29)21-7-3-5-15-4-1-2-6-18(15)21/h1-9,14,16,25-26H,10-13,24H2,(H,27,28). The van der Waals surface area contributed by atoms with Crippen LogP contribution in [-0.4, -0.2) is 28.2 Å². The summed E-state index contributed by atoms with van der Waals surface area (Å²) in [7, 11) is -1.68. The van der Waals surface area contributed by atoms with Crippen LogP contribution in [0.4, 0.5) is 11.4 Å². The van der Waals surface area contributed by atoms with Crippen molar-refractivity contribution in [3.63, 3.8) is 0 Å². The van der Waals surface area contributed by atoms with E-state index >= 15 is 0 Å². The molecule has 0 aromatic heterocycles. The summed E-state index contributed by atoms with van der Waals surface area (Å²) in [5, 5.41) is 16.4. The Labute approximate surface area is 177 Å². The molecule has 1 saturated heterocycles. The number of anilines is 2. The van der Waals surface area contributed by atoms with Gasteiger partial charge in [-0.25, -0.2) is 4.21 Å². The molecule has 0 aliphatic carbocycles. The van der Waals surface area contributed by atoms with Crippen molar-refractivity contribution in [3.05, 3.63) is 66.2 Å². The van der Waals surface area contributed by atoms with Crippen molar-refractivity contribution in [2.75, 3.05) is 24.1 Å². The van der Waals surface area contributed by atoms with Gasteiger partial charge in [0.25, 0.3) is 0 Å². The topological polar surface area (TPSA) is 108 Å². The van der Waals surface area contributed by atoms with Gasteiger partial charge in [0.1, 0.15) is 15.8 Å². The molecule has 0 spiro atoms. The molecule has 1 heterocycles. The fourth-order valence-corrected chi connectivity index (χ4v) is 4.94. The van der Waals surface area contributed by atoms with Gasteiger partial charge in [-0.1, -0.05) is 36.4 Å². The average Bonchev–Trinajstić information content (AvgIpc) is 2.78. The van der Waals surface area contributed by atoms with Crippen LogP contribution in [0.2, 0.25) is 0 Å². The highest BCUT2D eigenvalue weighted by molar-refractivity contribution is 8.01. The Morgan fingerprint density at radius 2 is 1.80 bits per heavy atom. The largest absolute Gasteiger partial charge is 0.398 e. The SMILES string of the molecule is N=C(c1ccc(NC(=O)C2CCNCC2)cc1N)S(=O)c1cccc2ccccc12. The lowest BCUT2D eigenvalue weighted by molar-refractivity contribution is -0.120. The molecule has 0 bridgehead atoms. The molecule has 1 unspecified atom stereocenters. The zero-order chi connectivity index (χ0) is 21.1. The van der Waals surface area contributed by atoms with Gasteiger partial charge >= 0.3 is 0 Å². The lowest BCUT2D eigenvalue weighted by Crippen LogP contribution is -2.34. The molecule has 1 aliphatic rings.